The summed E-state index contributed by atoms with van der Waals surface area (Å²) < 4.78 is 13.2. The van der Waals surface area contributed by atoms with Crippen LogP contribution >= 0.6 is 0 Å². The number of nitrogens with one attached hydrogen (secondary N) is 2. The number of anilines is 2. The zero-order valence-electron chi connectivity index (χ0n) is 14.9. The molecule has 1 amide bonds. The van der Waals surface area contributed by atoms with Crippen molar-refractivity contribution < 1.29 is 14.1 Å². The predicted molar refractivity (Wildman–Crippen MR) is 106 cm³/mol. The van der Waals surface area contributed by atoms with Gasteiger partial charge >= 0.3 is 0 Å². The van der Waals surface area contributed by atoms with Crippen LogP contribution in [-0.4, -0.2) is 10.8 Å². The Labute approximate surface area is 161 Å². The number of nitro benzene ring substituents is 1. The monoisotopic (exact) mass is 379 g/mol. The molecule has 3 rings (SSSR count). The van der Waals surface area contributed by atoms with Crippen LogP contribution in [0.1, 0.15) is 11.1 Å². The van der Waals surface area contributed by atoms with E-state index < -0.39 is 10.7 Å². The molecule has 3 aromatic rings. The van der Waals surface area contributed by atoms with Gasteiger partial charge in [0, 0.05) is 29.5 Å². The van der Waals surface area contributed by atoms with Crippen LogP contribution in [0.5, 0.6) is 0 Å². The van der Waals surface area contributed by atoms with E-state index in [0.717, 1.165) is 11.3 Å². The fourth-order valence-electron chi connectivity index (χ4n) is 2.73. The van der Waals surface area contributed by atoms with Crippen molar-refractivity contribution in [1.82, 2.24) is 0 Å². The molecular weight excluding hydrogens is 361 g/mol. The van der Waals surface area contributed by atoms with E-state index in [1.54, 1.807) is 48.5 Å². The Balaban J connectivity index is 1.56. The summed E-state index contributed by atoms with van der Waals surface area (Å²) in [4.78, 5) is 22.7. The van der Waals surface area contributed by atoms with Crippen molar-refractivity contribution in [2.24, 2.45) is 0 Å². The lowest BCUT2D eigenvalue weighted by Gasteiger charge is -2.09. The second-order valence-corrected chi connectivity index (χ2v) is 6.17. The van der Waals surface area contributed by atoms with Crippen molar-refractivity contribution in [3.05, 3.63) is 99.9 Å². The van der Waals surface area contributed by atoms with Crippen molar-refractivity contribution in [1.29, 1.82) is 0 Å². The Morgan fingerprint density at radius 1 is 0.964 bits per heavy atom. The van der Waals surface area contributed by atoms with E-state index in [4.69, 9.17) is 0 Å². The maximum Gasteiger partial charge on any atom is 0.274 e. The number of nitro groups is 1. The van der Waals surface area contributed by atoms with Gasteiger partial charge in [-0.05, 0) is 35.9 Å². The smallest absolute Gasteiger partial charge is 0.274 e. The van der Waals surface area contributed by atoms with Gasteiger partial charge in [0.2, 0.25) is 5.91 Å². The molecule has 0 radical (unpaired) electrons. The molecule has 0 aliphatic heterocycles. The highest BCUT2D eigenvalue weighted by atomic mass is 19.1. The number of benzene rings is 3. The summed E-state index contributed by atoms with van der Waals surface area (Å²) in [5.41, 5.74) is 2.65. The minimum absolute atomic E-state index is 0.0700. The van der Waals surface area contributed by atoms with Crippen LogP contribution in [0.25, 0.3) is 0 Å². The normalized spacial score (nSPS) is 10.3. The van der Waals surface area contributed by atoms with Gasteiger partial charge in [0.05, 0.1) is 11.3 Å². The number of amides is 1. The van der Waals surface area contributed by atoms with E-state index in [2.05, 4.69) is 10.6 Å². The first-order valence-electron chi connectivity index (χ1n) is 8.62. The standard InChI is InChI=1S/C21H18FN3O3/c22-17-5-3-6-19(13-17)24-21(26)12-15-8-10-18(11-9-15)23-14-16-4-1-2-7-20(16)25(27)28/h1-11,13,23H,12,14H2,(H,24,26). The van der Waals surface area contributed by atoms with E-state index in [0.29, 0.717) is 17.8 Å². The highest BCUT2D eigenvalue weighted by molar-refractivity contribution is 5.92. The van der Waals surface area contributed by atoms with E-state index in [-0.39, 0.29) is 18.0 Å². The van der Waals surface area contributed by atoms with Crippen LogP contribution in [0.2, 0.25) is 0 Å². The summed E-state index contributed by atoms with van der Waals surface area (Å²) in [7, 11) is 0. The Bertz CT molecular complexity index is 990. The highest BCUT2D eigenvalue weighted by Gasteiger charge is 2.11. The molecule has 28 heavy (non-hydrogen) atoms. The molecule has 3 aromatic carbocycles. The highest BCUT2D eigenvalue weighted by Crippen LogP contribution is 2.19. The lowest BCUT2D eigenvalue weighted by Crippen LogP contribution is -2.14. The lowest BCUT2D eigenvalue weighted by atomic mass is 10.1. The average Bonchev–Trinajstić information content (AvgIpc) is 2.67. The van der Waals surface area contributed by atoms with Crippen LogP contribution in [0.15, 0.2) is 72.8 Å². The third-order valence-electron chi connectivity index (χ3n) is 4.10. The summed E-state index contributed by atoms with van der Waals surface area (Å²) in [6.07, 6.45) is 0.154. The van der Waals surface area contributed by atoms with Gasteiger partial charge in [-0.1, -0.05) is 36.4 Å². The van der Waals surface area contributed by atoms with Gasteiger partial charge < -0.3 is 10.6 Å². The predicted octanol–water partition coefficient (Wildman–Crippen LogP) is 4.53. The molecule has 0 unspecified atom stereocenters. The van der Waals surface area contributed by atoms with Crippen LogP contribution in [0.3, 0.4) is 0 Å². The van der Waals surface area contributed by atoms with Crippen LogP contribution in [-0.2, 0) is 17.8 Å². The van der Waals surface area contributed by atoms with Gasteiger partial charge in [0.1, 0.15) is 5.82 Å². The number of carbonyl (C=O) groups is 1. The van der Waals surface area contributed by atoms with Gasteiger partial charge in [0.15, 0.2) is 0 Å². The topological polar surface area (TPSA) is 84.3 Å². The Morgan fingerprint density at radius 2 is 1.71 bits per heavy atom. The number of hydrogen-bond donors (Lipinski definition) is 2. The molecule has 0 saturated carbocycles. The number of rotatable bonds is 7. The van der Waals surface area contributed by atoms with Crippen molar-refractivity contribution in [3.8, 4) is 0 Å². The number of halogens is 1. The van der Waals surface area contributed by atoms with Crippen molar-refractivity contribution in [2.75, 3.05) is 10.6 Å². The summed E-state index contributed by atoms with van der Waals surface area (Å²) >= 11 is 0. The molecule has 142 valence electrons. The molecular formula is C21H18FN3O3. The van der Waals surface area contributed by atoms with Gasteiger partial charge in [-0.2, -0.15) is 0 Å². The summed E-state index contributed by atoms with van der Waals surface area (Å²) in [5, 5.41) is 16.8. The Kier molecular flexibility index (Phi) is 5.96. The maximum absolute atomic E-state index is 13.2. The molecule has 0 aliphatic rings. The van der Waals surface area contributed by atoms with Crippen LogP contribution in [0.4, 0.5) is 21.5 Å². The molecule has 0 aliphatic carbocycles. The SMILES string of the molecule is O=C(Cc1ccc(NCc2ccccc2[N+](=O)[O-])cc1)Nc1cccc(F)c1. The molecule has 0 spiro atoms. The minimum atomic E-state index is -0.410. The average molecular weight is 379 g/mol. The Hall–Kier alpha value is -3.74. The van der Waals surface area contributed by atoms with Crippen molar-refractivity contribution in [3.63, 3.8) is 0 Å². The molecule has 0 aromatic heterocycles. The fraction of sp³-hybridized carbons (Fsp3) is 0.0952. The minimum Gasteiger partial charge on any atom is -0.381 e. The zero-order valence-corrected chi connectivity index (χ0v) is 14.9. The van der Waals surface area contributed by atoms with Gasteiger partial charge in [-0.3, -0.25) is 14.9 Å². The van der Waals surface area contributed by atoms with Gasteiger partial charge in [-0.15, -0.1) is 0 Å². The third-order valence-corrected chi connectivity index (χ3v) is 4.10. The van der Waals surface area contributed by atoms with Crippen molar-refractivity contribution >= 4 is 23.0 Å². The van der Waals surface area contributed by atoms with E-state index in [9.17, 15) is 19.3 Å². The summed E-state index contributed by atoms with van der Waals surface area (Å²) in [6, 6.07) is 19.5. The number of nitrogens with zero attached hydrogens (tertiary/aromatic N) is 1. The Morgan fingerprint density at radius 3 is 2.43 bits per heavy atom. The maximum atomic E-state index is 13.2. The molecule has 0 bridgehead atoms. The fourth-order valence-corrected chi connectivity index (χ4v) is 2.73. The third kappa shape index (κ3) is 5.14. The molecule has 0 atom stereocenters. The first-order valence-corrected chi connectivity index (χ1v) is 8.62. The lowest BCUT2D eigenvalue weighted by molar-refractivity contribution is -0.385. The molecule has 7 heteroatoms. The largest absolute Gasteiger partial charge is 0.381 e. The molecule has 6 nitrogen and oxygen atoms in total. The zero-order chi connectivity index (χ0) is 19.9. The van der Waals surface area contributed by atoms with Gasteiger partial charge in [-0.25, -0.2) is 4.39 Å². The molecule has 0 heterocycles. The number of hydrogen-bond acceptors (Lipinski definition) is 4. The molecule has 0 fully saturated rings. The summed E-state index contributed by atoms with van der Waals surface area (Å²) in [6.45, 7) is 0.316. The molecule has 2 N–H and O–H groups in total. The first kappa shape index (κ1) is 19.0. The molecule has 0 saturated heterocycles. The first-order chi connectivity index (χ1) is 13.5. The summed E-state index contributed by atoms with van der Waals surface area (Å²) in [5.74, 6) is -0.655. The quantitative estimate of drug-likeness (QED) is 0.467. The number of carbonyl (C=O) groups excluding carboxylic acids is 1. The van der Waals surface area contributed by atoms with Crippen molar-refractivity contribution in [2.45, 2.75) is 13.0 Å². The van der Waals surface area contributed by atoms with E-state index in [1.807, 2.05) is 0 Å². The van der Waals surface area contributed by atoms with Crippen LogP contribution in [0, 0.1) is 15.9 Å². The second-order valence-electron chi connectivity index (χ2n) is 6.17. The van der Waals surface area contributed by atoms with E-state index >= 15 is 0 Å². The van der Waals surface area contributed by atoms with Gasteiger partial charge in [0.25, 0.3) is 5.69 Å². The van der Waals surface area contributed by atoms with E-state index in [1.165, 1.54) is 24.3 Å². The number of para-hydroxylation sites is 1. The second kappa shape index (κ2) is 8.77. The van der Waals surface area contributed by atoms with Crippen LogP contribution < -0.4 is 10.6 Å².